The molecule has 0 bridgehead atoms. The minimum absolute atomic E-state index is 0.0867. The number of hydrogen-bond donors (Lipinski definition) is 2. The highest BCUT2D eigenvalue weighted by atomic mass is 32.2. The van der Waals surface area contributed by atoms with Crippen molar-refractivity contribution in [2.24, 2.45) is 16.8 Å². The molecule has 0 radical (unpaired) electrons. The number of amidine groups is 1. The lowest BCUT2D eigenvalue weighted by Gasteiger charge is -2.31. The fourth-order valence-corrected chi connectivity index (χ4v) is 3.66. The lowest BCUT2D eigenvalue weighted by atomic mass is 10.3. The second-order valence-electron chi connectivity index (χ2n) is 4.46. The molecule has 0 aromatic carbocycles. The van der Waals surface area contributed by atoms with E-state index in [1.165, 1.54) is 4.31 Å². The van der Waals surface area contributed by atoms with E-state index in [1.54, 1.807) is 0 Å². The van der Waals surface area contributed by atoms with Gasteiger partial charge in [0.15, 0.2) is 5.84 Å². The van der Waals surface area contributed by atoms with Crippen LogP contribution in [0.5, 0.6) is 0 Å². The molecule has 0 spiro atoms. The fourth-order valence-electron chi connectivity index (χ4n) is 1.81. The van der Waals surface area contributed by atoms with Crippen molar-refractivity contribution >= 4 is 15.9 Å². The summed E-state index contributed by atoms with van der Waals surface area (Å²) in [5.74, 6) is 0.428. The molecule has 1 unspecified atom stereocenters. The van der Waals surface area contributed by atoms with E-state index in [1.807, 2.05) is 0 Å². The Morgan fingerprint density at radius 2 is 2.24 bits per heavy atom. The van der Waals surface area contributed by atoms with Gasteiger partial charge in [0.05, 0.1) is 12.4 Å². The molecule has 0 amide bonds. The first kappa shape index (κ1) is 12.6. The summed E-state index contributed by atoms with van der Waals surface area (Å²) in [5.41, 5.74) is 5.42. The monoisotopic (exact) mass is 263 g/mol. The predicted octanol–water partition coefficient (Wildman–Crippen LogP) is -0.827. The zero-order valence-electron chi connectivity index (χ0n) is 9.45. The number of sulfonamides is 1. The van der Waals surface area contributed by atoms with Crippen LogP contribution >= 0.6 is 0 Å². The van der Waals surface area contributed by atoms with Crippen molar-refractivity contribution in [3.63, 3.8) is 0 Å². The number of rotatable bonds is 4. The fraction of sp³-hybridized carbons (Fsp3) is 0.889. The van der Waals surface area contributed by atoms with Gasteiger partial charge in [-0.25, -0.2) is 8.42 Å². The first-order valence-electron chi connectivity index (χ1n) is 5.60. The van der Waals surface area contributed by atoms with Crippen LogP contribution in [0.25, 0.3) is 0 Å². The minimum atomic E-state index is -3.23. The Hall–Kier alpha value is -0.860. The Balaban J connectivity index is 2.00. The lowest BCUT2D eigenvalue weighted by Crippen LogP contribution is -2.51. The number of nitrogens with two attached hydrogens (primary N) is 1. The molecular weight excluding hydrogens is 246 g/mol. The van der Waals surface area contributed by atoms with Gasteiger partial charge < -0.3 is 15.7 Å². The SMILES string of the molecule is NC(=NO)C1CN(S(=O)(=O)CC2CC2)CCO1. The summed E-state index contributed by atoms with van der Waals surface area (Å²) in [6.45, 7) is 0.736. The summed E-state index contributed by atoms with van der Waals surface area (Å²) in [6.07, 6.45) is 1.34. The van der Waals surface area contributed by atoms with E-state index in [4.69, 9.17) is 15.7 Å². The van der Waals surface area contributed by atoms with Gasteiger partial charge in [-0.05, 0) is 18.8 Å². The maximum absolute atomic E-state index is 12.0. The van der Waals surface area contributed by atoms with Gasteiger partial charge in [-0.1, -0.05) is 5.16 Å². The molecule has 1 aliphatic carbocycles. The second kappa shape index (κ2) is 4.79. The van der Waals surface area contributed by atoms with Crippen molar-refractivity contribution in [3.8, 4) is 0 Å². The smallest absolute Gasteiger partial charge is 0.214 e. The molecule has 8 heteroatoms. The highest BCUT2D eigenvalue weighted by Gasteiger charge is 2.35. The van der Waals surface area contributed by atoms with Crippen molar-refractivity contribution in [2.45, 2.75) is 18.9 Å². The summed E-state index contributed by atoms with van der Waals surface area (Å²) in [4.78, 5) is 0. The molecule has 17 heavy (non-hydrogen) atoms. The average molecular weight is 263 g/mol. The molecule has 1 saturated carbocycles. The lowest BCUT2D eigenvalue weighted by molar-refractivity contribution is 0.0355. The van der Waals surface area contributed by atoms with Gasteiger partial charge in [0, 0.05) is 13.1 Å². The van der Waals surface area contributed by atoms with Gasteiger partial charge in [0.2, 0.25) is 10.0 Å². The maximum Gasteiger partial charge on any atom is 0.214 e. The summed E-state index contributed by atoms with van der Waals surface area (Å²) >= 11 is 0. The maximum atomic E-state index is 12.0. The van der Waals surface area contributed by atoms with Crippen LogP contribution in [0, 0.1) is 5.92 Å². The van der Waals surface area contributed by atoms with Crippen LogP contribution in [0.15, 0.2) is 5.16 Å². The summed E-state index contributed by atoms with van der Waals surface area (Å²) in [7, 11) is -3.23. The first-order valence-corrected chi connectivity index (χ1v) is 7.20. The molecular formula is C9H17N3O4S. The van der Waals surface area contributed by atoms with Crippen molar-refractivity contribution in [1.29, 1.82) is 0 Å². The van der Waals surface area contributed by atoms with Gasteiger partial charge in [-0.2, -0.15) is 4.31 Å². The Morgan fingerprint density at radius 1 is 1.53 bits per heavy atom. The van der Waals surface area contributed by atoms with Crippen LogP contribution in [-0.4, -0.2) is 55.3 Å². The normalized spacial score (nSPS) is 28.2. The highest BCUT2D eigenvalue weighted by molar-refractivity contribution is 7.89. The molecule has 0 aromatic rings. The molecule has 1 aliphatic heterocycles. The molecule has 98 valence electrons. The molecule has 3 N–H and O–H groups in total. The van der Waals surface area contributed by atoms with E-state index in [0.29, 0.717) is 12.5 Å². The third kappa shape index (κ3) is 3.08. The highest BCUT2D eigenvalue weighted by Crippen LogP contribution is 2.31. The first-order chi connectivity index (χ1) is 8.03. The molecule has 1 atom stereocenters. The van der Waals surface area contributed by atoms with Gasteiger partial charge in [0.1, 0.15) is 6.10 Å². The van der Waals surface area contributed by atoms with Crippen molar-refractivity contribution in [1.82, 2.24) is 4.31 Å². The zero-order chi connectivity index (χ0) is 12.5. The van der Waals surface area contributed by atoms with Crippen LogP contribution in [0.4, 0.5) is 0 Å². The van der Waals surface area contributed by atoms with Crippen LogP contribution in [0.2, 0.25) is 0 Å². The number of oxime groups is 1. The number of ether oxygens (including phenoxy) is 1. The molecule has 0 aromatic heterocycles. The minimum Gasteiger partial charge on any atom is -0.409 e. The zero-order valence-corrected chi connectivity index (χ0v) is 10.3. The molecule has 2 rings (SSSR count). The quantitative estimate of drug-likeness (QED) is 0.298. The Morgan fingerprint density at radius 3 is 2.82 bits per heavy atom. The summed E-state index contributed by atoms with van der Waals surface area (Å²) < 4.78 is 30.7. The third-order valence-electron chi connectivity index (χ3n) is 3.01. The molecule has 1 saturated heterocycles. The average Bonchev–Trinajstić information content (AvgIpc) is 3.11. The molecule has 2 aliphatic rings. The van der Waals surface area contributed by atoms with Crippen LogP contribution in [0.1, 0.15) is 12.8 Å². The molecule has 2 fully saturated rings. The van der Waals surface area contributed by atoms with E-state index in [0.717, 1.165) is 12.8 Å². The standard InChI is InChI=1S/C9H17N3O4S/c10-9(11-13)8-5-12(3-4-16-8)17(14,15)6-7-1-2-7/h7-8,13H,1-6H2,(H2,10,11). The molecule has 7 nitrogen and oxygen atoms in total. The largest absolute Gasteiger partial charge is 0.409 e. The number of nitrogens with zero attached hydrogens (tertiary/aromatic N) is 2. The van der Waals surface area contributed by atoms with E-state index in [9.17, 15) is 8.42 Å². The van der Waals surface area contributed by atoms with Gasteiger partial charge in [-0.15, -0.1) is 0 Å². The summed E-state index contributed by atoms with van der Waals surface area (Å²) in [6, 6.07) is 0. The Labute approximate surface area is 100 Å². The topological polar surface area (TPSA) is 105 Å². The van der Waals surface area contributed by atoms with Crippen LogP contribution in [0.3, 0.4) is 0 Å². The van der Waals surface area contributed by atoms with E-state index in [2.05, 4.69) is 5.16 Å². The van der Waals surface area contributed by atoms with Crippen molar-refractivity contribution < 1.29 is 18.4 Å². The summed E-state index contributed by atoms with van der Waals surface area (Å²) in [5, 5.41) is 11.4. The van der Waals surface area contributed by atoms with Gasteiger partial charge in [0.25, 0.3) is 0 Å². The Kier molecular flexibility index (Phi) is 3.55. The van der Waals surface area contributed by atoms with Crippen LogP contribution < -0.4 is 5.73 Å². The predicted molar refractivity (Wildman–Crippen MR) is 61.2 cm³/mol. The van der Waals surface area contributed by atoms with Crippen molar-refractivity contribution in [2.75, 3.05) is 25.4 Å². The number of morpholine rings is 1. The third-order valence-corrected chi connectivity index (χ3v) is 5.02. The van der Waals surface area contributed by atoms with E-state index in [-0.39, 0.29) is 24.7 Å². The van der Waals surface area contributed by atoms with E-state index < -0.39 is 16.1 Å². The second-order valence-corrected chi connectivity index (χ2v) is 6.48. The Bertz CT molecular complexity index is 404. The van der Waals surface area contributed by atoms with E-state index >= 15 is 0 Å². The molecule has 1 heterocycles. The van der Waals surface area contributed by atoms with Crippen LogP contribution in [-0.2, 0) is 14.8 Å². The van der Waals surface area contributed by atoms with Crippen molar-refractivity contribution in [3.05, 3.63) is 0 Å². The number of hydrogen-bond acceptors (Lipinski definition) is 5. The van der Waals surface area contributed by atoms with Gasteiger partial charge in [-0.3, -0.25) is 0 Å². The van der Waals surface area contributed by atoms with Gasteiger partial charge >= 0.3 is 0 Å².